The summed E-state index contributed by atoms with van der Waals surface area (Å²) < 4.78 is 10.7. The van der Waals surface area contributed by atoms with Crippen LogP contribution in [0.25, 0.3) is 0 Å². The van der Waals surface area contributed by atoms with E-state index < -0.39 is 5.97 Å². The van der Waals surface area contributed by atoms with Gasteiger partial charge in [-0.25, -0.2) is 4.79 Å². The largest absolute Gasteiger partial charge is 0.452 e. The number of esters is 1. The summed E-state index contributed by atoms with van der Waals surface area (Å²) in [5.41, 5.74) is 0.882. The third-order valence-electron chi connectivity index (χ3n) is 6.26. The van der Waals surface area contributed by atoms with Gasteiger partial charge in [0.25, 0.3) is 5.91 Å². The highest BCUT2D eigenvalue weighted by molar-refractivity contribution is 8.00. The number of benzene rings is 1. The fraction of sp³-hybridized carbons (Fsp3) is 0.591. The molecule has 4 rings (SSSR count). The molecule has 0 radical (unpaired) electrons. The molecule has 0 unspecified atom stereocenters. The minimum Gasteiger partial charge on any atom is -0.452 e. The van der Waals surface area contributed by atoms with Gasteiger partial charge in [-0.2, -0.15) is 0 Å². The molecule has 2 aliphatic heterocycles. The van der Waals surface area contributed by atoms with E-state index in [2.05, 4.69) is 15.5 Å². The van der Waals surface area contributed by atoms with Crippen molar-refractivity contribution in [3.8, 4) is 0 Å². The van der Waals surface area contributed by atoms with E-state index in [9.17, 15) is 14.4 Å². The maximum absolute atomic E-state index is 12.4. The maximum atomic E-state index is 12.4. The standard InChI is InChI=1S/C22H29N3O5S/c26-19(23-15-22(6-2-1-3-7-22)25-8-10-29-11-9-25)13-30-21(28)16-4-5-18-17(12-16)24-20(27)14-31-18/h4-5,12H,1-3,6-11,13-15H2,(H,23,26)(H,24,27). The lowest BCUT2D eigenvalue weighted by atomic mass is 9.79. The fourth-order valence-electron chi connectivity index (χ4n) is 4.59. The molecular weight excluding hydrogens is 418 g/mol. The second-order valence-corrected chi connectivity index (χ2v) is 9.30. The molecule has 1 aliphatic carbocycles. The van der Waals surface area contributed by atoms with Gasteiger partial charge in [0, 0.05) is 30.1 Å². The number of anilines is 1. The highest BCUT2D eigenvalue weighted by Crippen LogP contribution is 2.34. The van der Waals surface area contributed by atoms with Crippen molar-refractivity contribution < 1.29 is 23.9 Å². The van der Waals surface area contributed by atoms with Gasteiger partial charge in [0.2, 0.25) is 5.91 Å². The minimum atomic E-state index is -0.580. The number of nitrogens with one attached hydrogen (secondary N) is 2. The molecule has 0 aromatic heterocycles. The van der Waals surface area contributed by atoms with Gasteiger partial charge in [-0.15, -0.1) is 11.8 Å². The van der Waals surface area contributed by atoms with Crippen LogP contribution in [0.4, 0.5) is 5.69 Å². The van der Waals surface area contributed by atoms with Gasteiger partial charge < -0.3 is 20.1 Å². The van der Waals surface area contributed by atoms with Crippen molar-refractivity contribution in [3.05, 3.63) is 23.8 Å². The van der Waals surface area contributed by atoms with Gasteiger partial charge in [0.1, 0.15) is 0 Å². The summed E-state index contributed by atoms with van der Waals surface area (Å²) in [6, 6.07) is 5.03. The predicted molar refractivity (Wildman–Crippen MR) is 117 cm³/mol. The zero-order valence-corrected chi connectivity index (χ0v) is 18.4. The smallest absolute Gasteiger partial charge is 0.338 e. The highest BCUT2D eigenvalue weighted by atomic mass is 32.2. The fourth-order valence-corrected chi connectivity index (χ4v) is 5.38. The molecule has 1 aromatic rings. The van der Waals surface area contributed by atoms with E-state index in [-0.39, 0.29) is 24.0 Å². The number of morpholine rings is 1. The molecule has 9 heteroatoms. The van der Waals surface area contributed by atoms with Crippen molar-refractivity contribution in [2.75, 3.05) is 50.5 Å². The van der Waals surface area contributed by atoms with Crippen LogP contribution >= 0.6 is 11.8 Å². The summed E-state index contributed by atoms with van der Waals surface area (Å²) in [6.07, 6.45) is 5.68. The van der Waals surface area contributed by atoms with Crippen molar-refractivity contribution in [2.45, 2.75) is 42.5 Å². The number of amides is 2. The monoisotopic (exact) mass is 447 g/mol. The zero-order valence-electron chi connectivity index (χ0n) is 17.6. The second-order valence-electron chi connectivity index (χ2n) is 8.29. The first-order chi connectivity index (χ1) is 15.1. The Morgan fingerprint density at radius 3 is 2.74 bits per heavy atom. The summed E-state index contributed by atoms with van der Waals surface area (Å²) in [4.78, 5) is 39.7. The Kier molecular flexibility index (Phi) is 7.14. The lowest BCUT2D eigenvalue weighted by Crippen LogP contribution is -2.59. The van der Waals surface area contributed by atoms with Crippen LogP contribution in [-0.4, -0.2) is 73.4 Å². The van der Waals surface area contributed by atoms with Crippen LogP contribution in [0, 0.1) is 0 Å². The normalized spacial score (nSPS) is 21.0. The first-order valence-electron chi connectivity index (χ1n) is 10.9. The molecule has 8 nitrogen and oxygen atoms in total. The Hall–Kier alpha value is -2.10. The third kappa shape index (κ3) is 5.39. The summed E-state index contributed by atoms with van der Waals surface area (Å²) in [6.45, 7) is 3.47. The topological polar surface area (TPSA) is 97.0 Å². The Morgan fingerprint density at radius 2 is 1.97 bits per heavy atom. The molecule has 1 saturated heterocycles. The molecule has 2 N–H and O–H groups in total. The molecule has 168 valence electrons. The van der Waals surface area contributed by atoms with Crippen molar-refractivity contribution in [3.63, 3.8) is 0 Å². The second kappa shape index (κ2) is 10.0. The molecule has 1 saturated carbocycles. The number of carbonyl (C=O) groups excluding carboxylic acids is 3. The van der Waals surface area contributed by atoms with Gasteiger partial charge in [-0.1, -0.05) is 19.3 Å². The summed E-state index contributed by atoms with van der Waals surface area (Å²) >= 11 is 1.43. The van der Waals surface area contributed by atoms with E-state index in [4.69, 9.17) is 9.47 Å². The lowest BCUT2D eigenvalue weighted by Gasteiger charge is -2.48. The third-order valence-corrected chi connectivity index (χ3v) is 7.34. The number of hydrogen-bond acceptors (Lipinski definition) is 7. The Labute approximate surface area is 186 Å². The van der Waals surface area contributed by atoms with E-state index in [0.29, 0.717) is 23.5 Å². The van der Waals surface area contributed by atoms with Crippen molar-refractivity contribution in [2.24, 2.45) is 0 Å². The summed E-state index contributed by atoms with van der Waals surface area (Å²) in [5.74, 6) is -0.612. The highest BCUT2D eigenvalue weighted by Gasteiger charge is 2.38. The van der Waals surface area contributed by atoms with Gasteiger partial charge >= 0.3 is 5.97 Å². The number of ether oxygens (including phenoxy) is 2. The number of carbonyl (C=O) groups is 3. The molecule has 3 aliphatic rings. The van der Waals surface area contributed by atoms with Gasteiger partial charge in [-0.3, -0.25) is 14.5 Å². The van der Waals surface area contributed by atoms with Crippen LogP contribution in [0.2, 0.25) is 0 Å². The molecule has 2 fully saturated rings. The molecule has 1 aromatic carbocycles. The first-order valence-corrected chi connectivity index (χ1v) is 11.9. The van der Waals surface area contributed by atoms with Crippen molar-refractivity contribution >= 4 is 35.2 Å². The van der Waals surface area contributed by atoms with Gasteiger partial charge in [-0.05, 0) is 31.0 Å². The van der Waals surface area contributed by atoms with Gasteiger partial charge in [0.15, 0.2) is 6.61 Å². The van der Waals surface area contributed by atoms with E-state index in [1.54, 1.807) is 18.2 Å². The van der Waals surface area contributed by atoms with Crippen molar-refractivity contribution in [1.82, 2.24) is 10.2 Å². The maximum Gasteiger partial charge on any atom is 0.338 e. The molecule has 2 heterocycles. The average molecular weight is 448 g/mol. The van der Waals surface area contributed by atoms with E-state index in [0.717, 1.165) is 56.9 Å². The molecule has 0 atom stereocenters. The van der Waals surface area contributed by atoms with Crippen LogP contribution in [0.5, 0.6) is 0 Å². The average Bonchev–Trinajstić information content (AvgIpc) is 2.82. The number of hydrogen-bond donors (Lipinski definition) is 2. The van der Waals surface area contributed by atoms with Crippen molar-refractivity contribution in [1.29, 1.82) is 0 Å². The van der Waals surface area contributed by atoms with E-state index >= 15 is 0 Å². The molecule has 0 spiro atoms. The van der Waals surface area contributed by atoms with Crippen LogP contribution in [0.15, 0.2) is 23.1 Å². The Bertz CT molecular complexity index is 834. The molecule has 2 amide bonds. The number of rotatable bonds is 6. The number of thioether (sulfide) groups is 1. The predicted octanol–water partition coefficient (Wildman–Crippen LogP) is 2.04. The molecule has 31 heavy (non-hydrogen) atoms. The summed E-state index contributed by atoms with van der Waals surface area (Å²) in [7, 11) is 0. The SMILES string of the molecule is O=C(COC(=O)c1ccc2c(c1)NC(=O)CS2)NCC1(N2CCOCC2)CCCCC1. The van der Waals surface area contributed by atoms with Crippen LogP contribution in [-0.2, 0) is 19.1 Å². The van der Waals surface area contributed by atoms with Gasteiger partial charge in [0.05, 0.1) is 30.2 Å². The Balaban J connectivity index is 1.30. The molecule has 0 bridgehead atoms. The van der Waals surface area contributed by atoms with Crippen LogP contribution < -0.4 is 10.6 Å². The zero-order chi connectivity index (χ0) is 21.7. The quantitative estimate of drug-likeness (QED) is 0.644. The van der Waals surface area contributed by atoms with E-state index in [1.165, 1.54) is 18.2 Å². The first kappa shape index (κ1) is 22.1. The minimum absolute atomic E-state index is 0.0317. The number of nitrogens with zero attached hydrogens (tertiary/aromatic N) is 1. The van der Waals surface area contributed by atoms with Crippen LogP contribution in [0.1, 0.15) is 42.5 Å². The number of fused-ring (bicyclic) bond motifs is 1. The lowest BCUT2D eigenvalue weighted by molar-refractivity contribution is -0.125. The Morgan fingerprint density at radius 1 is 1.19 bits per heavy atom. The molecular formula is C22H29N3O5S. The summed E-state index contributed by atoms with van der Waals surface area (Å²) in [5, 5.41) is 5.75. The van der Waals surface area contributed by atoms with E-state index in [1.807, 2.05) is 0 Å². The van der Waals surface area contributed by atoms with Crippen LogP contribution in [0.3, 0.4) is 0 Å².